The van der Waals surface area contributed by atoms with Gasteiger partial charge in [-0.2, -0.15) is 4.39 Å². The maximum atomic E-state index is 13.3. The third-order valence-corrected chi connectivity index (χ3v) is 2.31. The highest BCUT2D eigenvalue weighted by atomic mass is 19.1. The van der Waals surface area contributed by atoms with Crippen molar-refractivity contribution in [3.63, 3.8) is 0 Å². The molecule has 0 saturated carbocycles. The van der Waals surface area contributed by atoms with Crippen LogP contribution < -0.4 is 11.2 Å². The Balaban J connectivity index is 2.14. The Labute approximate surface area is 105 Å². The predicted molar refractivity (Wildman–Crippen MR) is 63.2 cm³/mol. The van der Waals surface area contributed by atoms with Gasteiger partial charge in [0.2, 0.25) is 5.82 Å². The Bertz CT molecular complexity index is 706. The number of esters is 1. The normalized spacial score (nSPS) is 10.2. The molecule has 0 aliphatic carbocycles. The van der Waals surface area contributed by atoms with E-state index in [1.807, 2.05) is 0 Å². The number of hydrogen-bond donors (Lipinski definition) is 2. The fourth-order valence-corrected chi connectivity index (χ4v) is 1.41. The summed E-state index contributed by atoms with van der Waals surface area (Å²) in [7, 11) is 0. The molecule has 1 aromatic carbocycles. The van der Waals surface area contributed by atoms with Crippen LogP contribution in [0.3, 0.4) is 0 Å². The number of carbonyl (C=O) groups excluding carboxylic acids is 1. The average molecular weight is 264 g/mol. The standard InChI is InChI=1S/C12H9FN2O4/c13-9-8(14-12(18)15-10(9)16)6-19-11(17)7-4-2-1-3-5-7/h1-5H,6H2,(H2,14,15,16,18). The van der Waals surface area contributed by atoms with Gasteiger partial charge >= 0.3 is 11.7 Å². The molecule has 0 unspecified atom stereocenters. The number of halogens is 1. The summed E-state index contributed by atoms with van der Waals surface area (Å²) in [4.78, 5) is 37.3. The van der Waals surface area contributed by atoms with E-state index in [1.165, 1.54) is 12.1 Å². The van der Waals surface area contributed by atoms with E-state index in [0.717, 1.165) is 0 Å². The maximum absolute atomic E-state index is 13.3. The van der Waals surface area contributed by atoms with Gasteiger partial charge in [0.05, 0.1) is 11.3 Å². The lowest BCUT2D eigenvalue weighted by Crippen LogP contribution is -2.28. The summed E-state index contributed by atoms with van der Waals surface area (Å²) >= 11 is 0. The molecule has 0 atom stereocenters. The molecule has 0 amide bonds. The van der Waals surface area contributed by atoms with Gasteiger partial charge in [-0.3, -0.25) is 9.78 Å². The molecule has 0 fully saturated rings. The van der Waals surface area contributed by atoms with Crippen molar-refractivity contribution in [1.29, 1.82) is 0 Å². The zero-order chi connectivity index (χ0) is 13.8. The van der Waals surface area contributed by atoms with Crippen molar-refractivity contribution in [2.24, 2.45) is 0 Å². The third-order valence-electron chi connectivity index (χ3n) is 2.31. The van der Waals surface area contributed by atoms with Gasteiger partial charge in [0.1, 0.15) is 6.61 Å². The molecule has 0 spiro atoms. The fourth-order valence-electron chi connectivity index (χ4n) is 1.41. The van der Waals surface area contributed by atoms with Crippen LogP contribution in [0.2, 0.25) is 0 Å². The van der Waals surface area contributed by atoms with E-state index < -0.39 is 29.6 Å². The molecule has 0 bridgehead atoms. The van der Waals surface area contributed by atoms with Crippen LogP contribution >= 0.6 is 0 Å². The zero-order valence-electron chi connectivity index (χ0n) is 9.60. The number of rotatable bonds is 3. The fraction of sp³-hybridized carbons (Fsp3) is 0.0833. The van der Waals surface area contributed by atoms with E-state index >= 15 is 0 Å². The van der Waals surface area contributed by atoms with Crippen molar-refractivity contribution in [3.8, 4) is 0 Å². The first kappa shape index (κ1) is 12.7. The Kier molecular flexibility index (Phi) is 3.56. The molecule has 0 radical (unpaired) electrons. The number of aromatic amines is 2. The first-order chi connectivity index (χ1) is 9.08. The Morgan fingerprint density at radius 2 is 1.84 bits per heavy atom. The van der Waals surface area contributed by atoms with Crippen molar-refractivity contribution >= 4 is 5.97 Å². The van der Waals surface area contributed by atoms with E-state index in [0.29, 0.717) is 0 Å². The summed E-state index contributed by atoms with van der Waals surface area (Å²) in [5.41, 5.74) is -2.11. The van der Waals surface area contributed by atoms with Crippen LogP contribution in [0.4, 0.5) is 4.39 Å². The molecule has 1 heterocycles. The van der Waals surface area contributed by atoms with E-state index in [1.54, 1.807) is 23.2 Å². The second-order valence-electron chi connectivity index (χ2n) is 3.64. The van der Waals surface area contributed by atoms with Crippen LogP contribution in [0.15, 0.2) is 39.9 Å². The molecule has 7 heteroatoms. The number of benzene rings is 1. The number of hydrogen-bond acceptors (Lipinski definition) is 4. The summed E-state index contributed by atoms with van der Waals surface area (Å²) < 4.78 is 18.1. The van der Waals surface area contributed by atoms with Crippen molar-refractivity contribution < 1.29 is 13.9 Å². The summed E-state index contributed by atoms with van der Waals surface area (Å²) in [6, 6.07) is 8.07. The number of ether oxygens (including phenoxy) is 1. The zero-order valence-corrected chi connectivity index (χ0v) is 9.60. The smallest absolute Gasteiger partial charge is 0.338 e. The molecular formula is C12H9FN2O4. The van der Waals surface area contributed by atoms with Gasteiger partial charge in [-0.15, -0.1) is 0 Å². The molecular weight excluding hydrogens is 255 g/mol. The molecule has 6 nitrogen and oxygen atoms in total. The third kappa shape index (κ3) is 2.95. The predicted octanol–water partition coefficient (Wildman–Crippen LogP) is 0.559. The highest BCUT2D eigenvalue weighted by molar-refractivity contribution is 5.89. The van der Waals surface area contributed by atoms with Gasteiger partial charge in [-0.1, -0.05) is 18.2 Å². The van der Waals surface area contributed by atoms with Crippen LogP contribution in [-0.2, 0) is 11.3 Å². The van der Waals surface area contributed by atoms with E-state index in [4.69, 9.17) is 4.74 Å². The minimum atomic E-state index is -1.18. The number of nitrogens with one attached hydrogen (secondary N) is 2. The molecule has 19 heavy (non-hydrogen) atoms. The lowest BCUT2D eigenvalue weighted by Gasteiger charge is -2.05. The Hall–Kier alpha value is -2.70. The van der Waals surface area contributed by atoms with Crippen LogP contribution in [0.5, 0.6) is 0 Å². The highest BCUT2D eigenvalue weighted by Gasteiger charge is 2.12. The first-order valence-electron chi connectivity index (χ1n) is 5.31. The SMILES string of the molecule is O=C(OCc1[nH]c(=O)[nH]c(=O)c1F)c1ccccc1. The van der Waals surface area contributed by atoms with Gasteiger partial charge in [0.25, 0.3) is 5.56 Å². The minimum Gasteiger partial charge on any atom is -0.456 e. The maximum Gasteiger partial charge on any atom is 0.338 e. The van der Waals surface area contributed by atoms with Crippen molar-refractivity contribution in [2.45, 2.75) is 6.61 Å². The van der Waals surface area contributed by atoms with E-state index in [-0.39, 0.29) is 11.3 Å². The average Bonchev–Trinajstić information content (AvgIpc) is 2.41. The number of carbonyl (C=O) groups is 1. The monoisotopic (exact) mass is 264 g/mol. The lowest BCUT2D eigenvalue weighted by atomic mass is 10.2. The molecule has 2 rings (SSSR count). The van der Waals surface area contributed by atoms with Crippen molar-refractivity contribution in [1.82, 2.24) is 9.97 Å². The topological polar surface area (TPSA) is 92.0 Å². The van der Waals surface area contributed by atoms with Crippen LogP contribution in [0.25, 0.3) is 0 Å². The van der Waals surface area contributed by atoms with Gasteiger partial charge in [0.15, 0.2) is 0 Å². The summed E-state index contributed by atoms with van der Waals surface area (Å²) in [6.45, 7) is -0.529. The Morgan fingerprint density at radius 1 is 1.16 bits per heavy atom. The minimum absolute atomic E-state index is 0.287. The second kappa shape index (κ2) is 5.30. The summed E-state index contributed by atoms with van der Waals surface area (Å²) in [5, 5.41) is 0. The first-order valence-corrected chi connectivity index (χ1v) is 5.31. The highest BCUT2D eigenvalue weighted by Crippen LogP contribution is 2.04. The van der Waals surface area contributed by atoms with Crippen molar-refractivity contribution in [3.05, 3.63) is 68.2 Å². The van der Waals surface area contributed by atoms with Crippen molar-refractivity contribution in [2.75, 3.05) is 0 Å². The molecule has 2 aromatic rings. The quantitative estimate of drug-likeness (QED) is 0.792. The van der Waals surface area contributed by atoms with E-state index in [9.17, 15) is 18.8 Å². The molecule has 1 aromatic heterocycles. The van der Waals surface area contributed by atoms with Gasteiger partial charge in [-0.25, -0.2) is 9.59 Å². The molecule has 2 N–H and O–H groups in total. The lowest BCUT2D eigenvalue weighted by molar-refractivity contribution is 0.0462. The molecule has 0 aliphatic heterocycles. The van der Waals surface area contributed by atoms with Gasteiger partial charge in [0, 0.05) is 0 Å². The molecule has 98 valence electrons. The number of H-pyrrole nitrogens is 2. The Morgan fingerprint density at radius 3 is 2.53 bits per heavy atom. The summed E-state index contributed by atoms with van der Waals surface area (Å²) in [5.74, 6) is -1.86. The van der Waals surface area contributed by atoms with Crippen LogP contribution in [0, 0.1) is 5.82 Å². The van der Waals surface area contributed by atoms with Gasteiger partial charge < -0.3 is 9.72 Å². The largest absolute Gasteiger partial charge is 0.456 e. The van der Waals surface area contributed by atoms with E-state index in [2.05, 4.69) is 4.98 Å². The number of aromatic nitrogens is 2. The van der Waals surface area contributed by atoms with Crippen LogP contribution in [-0.4, -0.2) is 15.9 Å². The molecule has 0 aliphatic rings. The van der Waals surface area contributed by atoms with Crippen LogP contribution in [0.1, 0.15) is 16.1 Å². The van der Waals surface area contributed by atoms with Gasteiger partial charge in [-0.05, 0) is 12.1 Å². The summed E-state index contributed by atoms with van der Waals surface area (Å²) in [6.07, 6.45) is 0. The second-order valence-corrected chi connectivity index (χ2v) is 3.64. The molecule has 0 saturated heterocycles.